The van der Waals surface area contributed by atoms with Gasteiger partial charge in [0.15, 0.2) is 0 Å². The van der Waals surface area contributed by atoms with Crippen LogP contribution in [0.1, 0.15) is 46.3 Å². The van der Waals surface area contributed by atoms with Crippen LogP contribution in [0.3, 0.4) is 0 Å². The molecule has 3 aromatic carbocycles. The van der Waals surface area contributed by atoms with Crippen LogP contribution in [0.2, 0.25) is 0 Å². The number of thioether (sulfide) groups is 1. The van der Waals surface area contributed by atoms with Gasteiger partial charge in [-0.15, -0.1) is 0 Å². The van der Waals surface area contributed by atoms with Gasteiger partial charge >= 0.3 is 5.97 Å². The van der Waals surface area contributed by atoms with Crippen LogP contribution in [0.5, 0.6) is 0 Å². The first-order valence-electron chi connectivity index (χ1n) is 14.2. The fourth-order valence-electron chi connectivity index (χ4n) is 5.83. The van der Waals surface area contributed by atoms with Crippen LogP contribution in [-0.2, 0) is 27.6 Å². The Balaban J connectivity index is 1.68. The summed E-state index contributed by atoms with van der Waals surface area (Å²) in [6.45, 7) is 2.53. The molecule has 3 atom stereocenters. The van der Waals surface area contributed by atoms with Crippen molar-refractivity contribution in [1.29, 1.82) is 0 Å². The van der Waals surface area contributed by atoms with Crippen molar-refractivity contribution in [3.05, 3.63) is 95.1 Å². The average molecular weight is 609 g/mol. The van der Waals surface area contributed by atoms with E-state index in [1.54, 1.807) is 6.07 Å². The maximum atomic E-state index is 13.5. The Bertz CT molecular complexity index is 1490. The maximum absolute atomic E-state index is 13.5. The summed E-state index contributed by atoms with van der Waals surface area (Å²) in [6, 6.07) is 22.9. The molecule has 1 saturated heterocycles. The minimum Gasteiger partial charge on any atom is -0.480 e. The summed E-state index contributed by atoms with van der Waals surface area (Å²) >= 11 is 1.54. The van der Waals surface area contributed by atoms with Crippen molar-refractivity contribution in [2.45, 2.75) is 57.3 Å². The largest absolute Gasteiger partial charge is 0.480 e. The summed E-state index contributed by atoms with van der Waals surface area (Å²) in [7, 11) is -3.17. The number of hydrogen-bond acceptors (Lipinski definition) is 6. The number of carbonyl (C=O) groups is 2. The molecule has 42 heavy (non-hydrogen) atoms. The average Bonchev–Trinajstić information content (AvgIpc) is 3.30. The molecule has 224 valence electrons. The van der Waals surface area contributed by atoms with Crippen molar-refractivity contribution in [2.24, 2.45) is 0 Å². The molecule has 1 aliphatic heterocycles. The molecule has 1 amide bonds. The molecule has 4 rings (SSSR count). The topological polar surface area (TPSA) is 104 Å². The van der Waals surface area contributed by atoms with E-state index in [9.17, 15) is 23.1 Å². The van der Waals surface area contributed by atoms with Gasteiger partial charge in [-0.3, -0.25) is 9.69 Å². The van der Waals surface area contributed by atoms with Crippen molar-refractivity contribution in [3.8, 4) is 11.1 Å². The molecule has 0 radical (unpaired) electrons. The molecule has 0 spiro atoms. The number of likely N-dealkylation sites (tertiary alicyclic amines) is 1. The maximum Gasteiger partial charge on any atom is 0.326 e. The van der Waals surface area contributed by atoms with E-state index in [0.29, 0.717) is 24.3 Å². The van der Waals surface area contributed by atoms with Gasteiger partial charge in [-0.05, 0) is 84.6 Å². The lowest BCUT2D eigenvalue weighted by atomic mass is 9.93. The number of carboxylic acids is 1. The second-order valence-electron chi connectivity index (χ2n) is 11.2. The second-order valence-corrected chi connectivity index (χ2v) is 14.4. The van der Waals surface area contributed by atoms with Crippen LogP contribution in [0.4, 0.5) is 0 Å². The Morgan fingerprint density at radius 1 is 0.976 bits per heavy atom. The van der Waals surface area contributed by atoms with Crippen LogP contribution in [-0.4, -0.2) is 72.4 Å². The standard InChI is InChI=1S/C33H40N2O5S2/c1-23-9-7-8-12-28(23)30-20-25(13-16-29(30)32(36)34-31(33(37)38)17-18-41-2)21-35-26(19-24-10-5-4-6-11-24)14-15-27(35)22-42(3,39)40/h4-13,16,20,26-27,31H,14-15,17-19,21-22H2,1-3H3,(H,34,36)(H,37,38). The van der Waals surface area contributed by atoms with E-state index in [2.05, 4.69) is 22.3 Å². The minimum atomic E-state index is -3.17. The lowest BCUT2D eigenvalue weighted by Gasteiger charge is -2.30. The number of hydrogen-bond donors (Lipinski definition) is 2. The van der Waals surface area contributed by atoms with Gasteiger partial charge in [-0.2, -0.15) is 11.8 Å². The van der Waals surface area contributed by atoms with Crippen LogP contribution >= 0.6 is 11.8 Å². The summed E-state index contributed by atoms with van der Waals surface area (Å²) in [5, 5.41) is 12.4. The summed E-state index contributed by atoms with van der Waals surface area (Å²) in [5.74, 6) is -0.751. The van der Waals surface area contributed by atoms with Crippen LogP contribution < -0.4 is 5.32 Å². The summed E-state index contributed by atoms with van der Waals surface area (Å²) in [4.78, 5) is 27.7. The van der Waals surface area contributed by atoms with E-state index in [4.69, 9.17) is 0 Å². The van der Waals surface area contributed by atoms with Gasteiger partial charge in [0.2, 0.25) is 0 Å². The Labute approximate surface area is 253 Å². The normalized spacial score (nSPS) is 18.1. The number of benzene rings is 3. The van der Waals surface area contributed by atoms with E-state index < -0.39 is 27.8 Å². The van der Waals surface area contributed by atoms with Crippen LogP contribution in [0.15, 0.2) is 72.8 Å². The first kappa shape index (κ1) is 31.8. The Kier molecular flexibility index (Phi) is 10.9. The number of rotatable bonds is 13. The first-order chi connectivity index (χ1) is 20.1. The zero-order valence-corrected chi connectivity index (χ0v) is 26.1. The van der Waals surface area contributed by atoms with Crippen LogP contribution in [0.25, 0.3) is 11.1 Å². The Morgan fingerprint density at radius 3 is 2.33 bits per heavy atom. The third-order valence-electron chi connectivity index (χ3n) is 7.92. The molecule has 2 N–H and O–H groups in total. The van der Waals surface area contributed by atoms with E-state index >= 15 is 0 Å². The lowest BCUT2D eigenvalue weighted by Crippen LogP contribution is -2.41. The van der Waals surface area contributed by atoms with Gasteiger partial charge in [0, 0.05) is 30.4 Å². The molecule has 1 fully saturated rings. The molecule has 9 heteroatoms. The third-order valence-corrected chi connectivity index (χ3v) is 9.56. The van der Waals surface area contributed by atoms with E-state index in [1.807, 2.05) is 67.8 Å². The van der Waals surface area contributed by atoms with Gasteiger partial charge in [-0.1, -0.05) is 60.7 Å². The van der Waals surface area contributed by atoms with Crippen molar-refractivity contribution >= 4 is 33.5 Å². The van der Waals surface area contributed by atoms with Crippen LogP contribution in [0, 0.1) is 6.92 Å². The van der Waals surface area contributed by atoms with Crippen molar-refractivity contribution in [1.82, 2.24) is 10.2 Å². The van der Waals surface area contributed by atoms with Crippen molar-refractivity contribution in [3.63, 3.8) is 0 Å². The van der Waals surface area contributed by atoms with Gasteiger partial charge in [0.25, 0.3) is 5.91 Å². The number of nitrogens with zero attached hydrogens (tertiary/aromatic N) is 1. The molecule has 7 nitrogen and oxygen atoms in total. The molecule has 0 aliphatic carbocycles. The van der Waals surface area contributed by atoms with Crippen molar-refractivity contribution < 1.29 is 23.1 Å². The number of aliphatic carboxylic acids is 1. The Morgan fingerprint density at radius 2 is 1.67 bits per heavy atom. The number of nitrogens with one attached hydrogen (secondary N) is 1. The van der Waals surface area contributed by atoms with Crippen molar-refractivity contribution in [2.75, 3.05) is 24.0 Å². The third kappa shape index (κ3) is 8.46. The predicted octanol–water partition coefficient (Wildman–Crippen LogP) is 5.22. The number of carbonyl (C=O) groups excluding carboxylic acids is 1. The molecule has 0 aromatic heterocycles. The molecular weight excluding hydrogens is 569 g/mol. The highest BCUT2D eigenvalue weighted by atomic mass is 32.2. The molecule has 1 aliphatic rings. The lowest BCUT2D eigenvalue weighted by molar-refractivity contribution is -0.139. The highest BCUT2D eigenvalue weighted by Crippen LogP contribution is 2.33. The van der Waals surface area contributed by atoms with Gasteiger partial charge in [0.1, 0.15) is 15.9 Å². The minimum absolute atomic E-state index is 0.0913. The van der Waals surface area contributed by atoms with E-state index in [-0.39, 0.29) is 17.8 Å². The number of carboxylic acid groups (broad SMARTS) is 1. The molecule has 1 heterocycles. The quantitative estimate of drug-likeness (QED) is 0.274. The summed E-state index contributed by atoms with van der Waals surface area (Å²) in [5.41, 5.74) is 5.23. The fourth-order valence-corrected chi connectivity index (χ4v) is 7.36. The summed E-state index contributed by atoms with van der Waals surface area (Å²) < 4.78 is 24.7. The smallest absolute Gasteiger partial charge is 0.326 e. The fraction of sp³-hybridized carbons (Fsp3) is 0.394. The monoisotopic (exact) mass is 608 g/mol. The molecular formula is C33H40N2O5S2. The highest BCUT2D eigenvalue weighted by molar-refractivity contribution is 7.98. The van der Waals surface area contributed by atoms with Gasteiger partial charge < -0.3 is 10.4 Å². The van der Waals surface area contributed by atoms with Gasteiger partial charge in [0.05, 0.1) is 5.75 Å². The van der Waals surface area contributed by atoms with E-state index in [1.165, 1.54) is 23.6 Å². The molecule has 0 saturated carbocycles. The molecule has 0 bridgehead atoms. The highest BCUT2D eigenvalue weighted by Gasteiger charge is 2.35. The van der Waals surface area contributed by atoms with E-state index in [0.717, 1.165) is 41.5 Å². The molecule has 3 unspecified atom stereocenters. The van der Waals surface area contributed by atoms with Gasteiger partial charge in [-0.25, -0.2) is 13.2 Å². The molecule has 3 aromatic rings. The first-order valence-corrected chi connectivity index (χ1v) is 17.7. The number of aryl methyl sites for hydroxylation is 1. The zero-order valence-electron chi connectivity index (χ0n) is 24.5. The zero-order chi connectivity index (χ0) is 30.3. The SMILES string of the molecule is CSCCC(NC(=O)c1ccc(CN2C(Cc3ccccc3)CCC2CS(C)(=O)=O)cc1-c1ccccc1C)C(=O)O. The summed E-state index contributed by atoms with van der Waals surface area (Å²) in [6.07, 6.45) is 6.08. The predicted molar refractivity (Wildman–Crippen MR) is 171 cm³/mol. The number of amides is 1. The number of sulfone groups is 1. The second kappa shape index (κ2) is 14.4. The Hall–Kier alpha value is -3.14.